The molecule has 0 spiro atoms. The van der Waals surface area contributed by atoms with Crippen molar-refractivity contribution in [3.05, 3.63) is 59.2 Å². The Balaban J connectivity index is 1.87. The fraction of sp³-hybridized carbons (Fsp3) is 0.250. The summed E-state index contributed by atoms with van der Waals surface area (Å²) in [5.41, 5.74) is 2.75. The van der Waals surface area contributed by atoms with Crippen molar-refractivity contribution < 1.29 is 19.4 Å². The molecule has 0 heterocycles. The van der Waals surface area contributed by atoms with E-state index in [1.807, 2.05) is 31.2 Å². The second kappa shape index (κ2) is 8.78. The van der Waals surface area contributed by atoms with E-state index in [-0.39, 0.29) is 11.7 Å². The minimum Gasteiger partial charge on any atom is -0.508 e. The van der Waals surface area contributed by atoms with Gasteiger partial charge in [0, 0.05) is 12.6 Å². The molecular weight excluding hydrogens is 318 g/mol. The molecule has 0 radical (unpaired) electrons. The molecule has 1 amide bonds. The first-order valence-corrected chi connectivity index (χ1v) is 8.00. The summed E-state index contributed by atoms with van der Waals surface area (Å²) in [6.07, 6.45) is 3.92. The Morgan fingerprint density at radius 1 is 1.12 bits per heavy atom. The summed E-state index contributed by atoms with van der Waals surface area (Å²) < 4.78 is 10.4. The summed E-state index contributed by atoms with van der Waals surface area (Å²) in [7, 11) is 3.15. The molecule has 2 N–H and O–H groups in total. The van der Waals surface area contributed by atoms with Gasteiger partial charge in [-0.3, -0.25) is 4.79 Å². The summed E-state index contributed by atoms with van der Waals surface area (Å²) in [6, 6.07) is 10.9. The zero-order chi connectivity index (χ0) is 18.2. The number of hydrogen-bond acceptors (Lipinski definition) is 4. The molecular formula is C20H23NO4. The highest BCUT2D eigenvalue weighted by molar-refractivity contribution is 5.91. The molecule has 0 saturated carbocycles. The molecule has 0 aliphatic heterocycles. The standard InChI is InChI=1S/C20H23NO4/c1-14-12-16(4-7-17(14)22)10-11-21-20(23)9-6-15-5-8-18(24-2)19(13-15)25-3/h4-9,12-13,22H,10-11H2,1-3H3,(H,21,23)/b9-6+. The molecule has 132 valence electrons. The predicted molar refractivity (Wildman–Crippen MR) is 98.1 cm³/mol. The van der Waals surface area contributed by atoms with Crippen LogP contribution in [0.1, 0.15) is 16.7 Å². The number of aromatic hydroxyl groups is 1. The lowest BCUT2D eigenvalue weighted by Crippen LogP contribution is -2.23. The lowest BCUT2D eigenvalue weighted by Gasteiger charge is -2.07. The molecule has 0 fully saturated rings. The van der Waals surface area contributed by atoms with E-state index in [2.05, 4.69) is 5.32 Å². The van der Waals surface area contributed by atoms with E-state index in [1.54, 1.807) is 32.4 Å². The number of benzene rings is 2. The van der Waals surface area contributed by atoms with Crippen molar-refractivity contribution in [2.45, 2.75) is 13.3 Å². The minimum absolute atomic E-state index is 0.162. The van der Waals surface area contributed by atoms with Crippen LogP contribution in [-0.4, -0.2) is 31.8 Å². The van der Waals surface area contributed by atoms with Gasteiger partial charge in [0.1, 0.15) is 5.75 Å². The summed E-state index contributed by atoms with van der Waals surface area (Å²) in [4.78, 5) is 11.9. The third kappa shape index (κ3) is 5.28. The molecule has 0 aromatic heterocycles. The van der Waals surface area contributed by atoms with Gasteiger partial charge >= 0.3 is 0 Å². The van der Waals surface area contributed by atoms with Crippen LogP contribution < -0.4 is 14.8 Å². The van der Waals surface area contributed by atoms with Crippen LogP contribution >= 0.6 is 0 Å². The number of aryl methyl sites for hydroxylation is 1. The van der Waals surface area contributed by atoms with Crippen LogP contribution in [0, 0.1) is 6.92 Å². The number of carbonyl (C=O) groups is 1. The van der Waals surface area contributed by atoms with E-state index in [9.17, 15) is 9.90 Å². The summed E-state index contributed by atoms with van der Waals surface area (Å²) in [5.74, 6) is 1.39. The van der Waals surface area contributed by atoms with Crippen molar-refractivity contribution in [3.8, 4) is 17.2 Å². The van der Waals surface area contributed by atoms with E-state index >= 15 is 0 Å². The van der Waals surface area contributed by atoms with Gasteiger partial charge in [0.15, 0.2) is 11.5 Å². The number of phenolic OH excluding ortho intramolecular Hbond substituents is 1. The van der Waals surface area contributed by atoms with Crippen LogP contribution in [0.15, 0.2) is 42.5 Å². The second-order valence-electron chi connectivity index (χ2n) is 5.61. The molecule has 2 rings (SSSR count). The van der Waals surface area contributed by atoms with E-state index in [1.165, 1.54) is 6.08 Å². The largest absolute Gasteiger partial charge is 0.508 e. The zero-order valence-corrected chi connectivity index (χ0v) is 14.7. The van der Waals surface area contributed by atoms with Crippen molar-refractivity contribution >= 4 is 12.0 Å². The first kappa shape index (κ1) is 18.4. The first-order chi connectivity index (χ1) is 12.0. The van der Waals surface area contributed by atoms with E-state index in [0.29, 0.717) is 24.5 Å². The smallest absolute Gasteiger partial charge is 0.244 e. The Hall–Kier alpha value is -2.95. The monoisotopic (exact) mass is 341 g/mol. The normalized spacial score (nSPS) is 10.7. The molecule has 0 aliphatic carbocycles. The number of amides is 1. The molecule has 5 heteroatoms. The average Bonchev–Trinajstić information content (AvgIpc) is 2.62. The number of rotatable bonds is 7. The van der Waals surface area contributed by atoms with Crippen molar-refractivity contribution in [2.75, 3.05) is 20.8 Å². The number of nitrogens with one attached hydrogen (secondary N) is 1. The van der Waals surface area contributed by atoms with Crippen molar-refractivity contribution in [1.82, 2.24) is 5.32 Å². The Morgan fingerprint density at radius 2 is 1.88 bits per heavy atom. The maximum absolute atomic E-state index is 11.9. The van der Waals surface area contributed by atoms with E-state index in [0.717, 1.165) is 16.7 Å². The quantitative estimate of drug-likeness (QED) is 0.760. The number of phenols is 1. The highest BCUT2D eigenvalue weighted by Crippen LogP contribution is 2.27. The highest BCUT2D eigenvalue weighted by atomic mass is 16.5. The number of methoxy groups -OCH3 is 2. The highest BCUT2D eigenvalue weighted by Gasteiger charge is 2.03. The number of carbonyl (C=O) groups excluding carboxylic acids is 1. The maximum Gasteiger partial charge on any atom is 0.244 e. The van der Waals surface area contributed by atoms with E-state index < -0.39 is 0 Å². The first-order valence-electron chi connectivity index (χ1n) is 8.00. The summed E-state index contributed by atoms with van der Waals surface area (Å²) >= 11 is 0. The fourth-order valence-electron chi connectivity index (χ4n) is 2.39. The third-order valence-electron chi connectivity index (χ3n) is 3.81. The van der Waals surface area contributed by atoms with Crippen LogP contribution in [0.25, 0.3) is 6.08 Å². The average molecular weight is 341 g/mol. The maximum atomic E-state index is 11.9. The van der Waals surface area contributed by atoms with Gasteiger partial charge < -0.3 is 19.9 Å². The van der Waals surface area contributed by atoms with Gasteiger partial charge in [0.2, 0.25) is 5.91 Å². The van der Waals surface area contributed by atoms with Gasteiger partial charge in [-0.2, -0.15) is 0 Å². The summed E-state index contributed by atoms with van der Waals surface area (Å²) in [5, 5.41) is 12.4. The van der Waals surface area contributed by atoms with Crippen LogP contribution in [-0.2, 0) is 11.2 Å². The van der Waals surface area contributed by atoms with Crippen molar-refractivity contribution in [1.29, 1.82) is 0 Å². The van der Waals surface area contributed by atoms with Crippen LogP contribution in [0.3, 0.4) is 0 Å². The number of ether oxygens (including phenoxy) is 2. The van der Waals surface area contributed by atoms with Gasteiger partial charge in [-0.25, -0.2) is 0 Å². The molecule has 0 saturated heterocycles. The van der Waals surface area contributed by atoms with E-state index in [4.69, 9.17) is 9.47 Å². The second-order valence-corrected chi connectivity index (χ2v) is 5.61. The molecule has 0 unspecified atom stereocenters. The van der Waals surface area contributed by atoms with Crippen LogP contribution in [0.4, 0.5) is 0 Å². The molecule has 5 nitrogen and oxygen atoms in total. The zero-order valence-electron chi connectivity index (χ0n) is 14.7. The van der Waals surface area contributed by atoms with Gasteiger partial charge in [-0.15, -0.1) is 0 Å². The lowest BCUT2D eigenvalue weighted by molar-refractivity contribution is -0.116. The molecule has 2 aromatic carbocycles. The SMILES string of the molecule is COc1ccc(/C=C/C(=O)NCCc2ccc(O)c(C)c2)cc1OC. The molecule has 0 bridgehead atoms. The molecule has 0 aliphatic rings. The minimum atomic E-state index is -0.162. The van der Waals surface area contributed by atoms with Gasteiger partial charge in [-0.05, 0) is 54.3 Å². The van der Waals surface area contributed by atoms with Gasteiger partial charge in [-0.1, -0.05) is 18.2 Å². The Bertz CT molecular complexity index is 768. The molecule has 25 heavy (non-hydrogen) atoms. The predicted octanol–water partition coefficient (Wildman–Crippen LogP) is 3.09. The third-order valence-corrected chi connectivity index (χ3v) is 3.81. The Kier molecular flexibility index (Phi) is 6.46. The summed E-state index contributed by atoms with van der Waals surface area (Å²) in [6.45, 7) is 2.38. The van der Waals surface area contributed by atoms with Gasteiger partial charge in [0.25, 0.3) is 0 Å². The molecule has 2 aromatic rings. The topological polar surface area (TPSA) is 67.8 Å². The van der Waals surface area contributed by atoms with Crippen molar-refractivity contribution in [3.63, 3.8) is 0 Å². The van der Waals surface area contributed by atoms with Gasteiger partial charge in [0.05, 0.1) is 14.2 Å². The van der Waals surface area contributed by atoms with Crippen LogP contribution in [0.2, 0.25) is 0 Å². The van der Waals surface area contributed by atoms with Crippen LogP contribution in [0.5, 0.6) is 17.2 Å². The fourth-order valence-corrected chi connectivity index (χ4v) is 2.39. The molecule has 0 atom stereocenters. The Morgan fingerprint density at radius 3 is 2.56 bits per heavy atom. The Labute approximate surface area is 147 Å². The lowest BCUT2D eigenvalue weighted by atomic mass is 10.1. The number of hydrogen-bond donors (Lipinski definition) is 2. The van der Waals surface area contributed by atoms with Crippen molar-refractivity contribution in [2.24, 2.45) is 0 Å².